The number of benzene rings is 1. The summed E-state index contributed by atoms with van der Waals surface area (Å²) in [5.41, 5.74) is -0.508. The minimum Gasteiger partial charge on any atom is -0.480 e. The minimum absolute atomic E-state index is 0.297. The minimum atomic E-state index is -1.03. The van der Waals surface area contributed by atoms with E-state index >= 15 is 0 Å². The molecule has 2 atom stereocenters. The van der Waals surface area contributed by atoms with E-state index in [0.717, 1.165) is 6.42 Å². The lowest BCUT2D eigenvalue weighted by Crippen LogP contribution is -2.50. The molecule has 0 amide bonds. The topological polar surface area (TPSA) is 49.3 Å². The molecule has 0 heterocycles. The number of carboxylic acids is 1. The second kappa shape index (κ2) is 6.66. The molecule has 0 saturated carbocycles. The van der Waals surface area contributed by atoms with Crippen LogP contribution in [0.4, 0.5) is 4.39 Å². The van der Waals surface area contributed by atoms with Gasteiger partial charge in [-0.05, 0) is 25.8 Å². The number of hydrogen-bond donors (Lipinski definition) is 2. The number of carbonyl (C=O) groups is 1. The van der Waals surface area contributed by atoms with Crippen LogP contribution in [-0.2, 0) is 4.79 Å². The molecule has 0 fully saturated rings. The van der Waals surface area contributed by atoms with Crippen molar-refractivity contribution in [1.29, 1.82) is 0 Å². The summed E-state index contributed by atoms with van der Waals surface area (Å²) in [6, 6.07) is 6.20. The second-order valence-electron chi connectivity index (χ2n) is 5.01. The first kappa shape index (κ1) is 15.6. The Labute approximate surface area is 113 Å². The molecular formula is C15H22FNO2. The molecule has 0 aliphatic carbocycles. The molecule has 0 bridgehead atoms. The molecule has 0 radical (unpaired) electrons. The highest BCUT2D eigenvalue weighted by molar-refractivity contribution is 5.78. The Bertz CT molecular complexity index is 436. The fourth-order valence-corrected chi connectivity index (χ4v) is 2.28. The van der Waals surface area contributed by atoms with E-state index in [1.54, 1.807) is 25.1 Å². The first-order chi connectivity index (χ1) is 8.94. The van der Waals surface area contributed by atoms with Crippen LogP contribution < -0.4 is 5.32 Å². The molecule has 4 heteroatoms. The predicted molar refractivity (Wildman–Crippen MR) is 73.5 cm³/mol. The largest absolute Gasteiger partial charge is 0.480 e. The monoisotopic (exact) mass is 267 g/mol. The highest BCUT2D eigenvalue weighted by atomic mass is 19.1. The lowest BCUT2D eigenvalue weighted by Gasteiger charge is -2.31. The van der Waals surface area contributed by atoms with Crippen molar-refractivity contribution in [2.75, 3.05) is 0 Å². The van der Waals surface area contributed by atoms with Gasteiger partial charge in [0.25, 0.3) is 0 Å². The van der Waals surface area contributed by atoms with Gasteiger partial charge in [-0.15, -0.1) is 0 Å². The Morgan fingerprint density at radius 2 is 2.05 bits per heavy atom. The molecule has 0 spiro atoms. The smallest absolute Gasteiger partial charge is 0.323 e. The molecule has 1 rings (SSSR count). The SMILES string of the molecule is CCCC(C)(NC(CC)c1ccccc1F)C(=O)O. The molecular weight excluding hydrogens is 245 g/mol. The van der Waals surface area contributed by atoms with Crippen LogP contribution in [0.2, 0.25) is 0 Å². The molecule has 3 nitrogen and oxygen atoms in total. The van der Waals surface area contributed by atoms with Crippen molar-refractivity contribution in [2.24, 2.45) is 0 Å². The van der Waals surface area contributed by atoms with Crippen molar-refractivity contribution in [2.45, 2.75) is 51.6 Å². The fraction of sp³-hybridized carbons (Fsp3) is 0.533. The number of hydrogen-bond acceptors (Lipinski definition) is 2. The van der Waals surface area contributed by atoms with E-state index in [-0.39, 0.29) is 11.9 Å². The van der Waals surface area contributed by atoms with Crippen molar-refractivity contribution in [3.63, 3.8) is 0 Å². The third-order valence-corrected chi connectivity index (χ3v) is 3.40. The van der Waals surface area contributed by atoms with Crippen molar-refractivity contribution < 1.29 is 14.3 Å². The molecule has 1 aromatic rings. The molecule has 2 N–H and O–H groups in total. The standard InChI is InChI=1S/C15H22FNO2/c1-4-10-15(3,14(18)19)17-13(5-2)11-8-6-7-9-12(11)16/h6-9,13,17H,4-5,10H2,1-3H3,(H,18,19). The highest BCUT2D eigenvalue weighted by Gasteiger charge is 2.34. The summed E-state index contributed by atoms with van der Waals surface area (Å²) in [7, 11) is 0. The third-order valence-electron chi connectivity index (χ3n) is 3.40. The molecule has 2 unspecified atom stereocenters. The van der Waals surface area contributed by atoms with Crippen molar-refractivity contribution >= 4 is 5.97 Å². The average Bonchev–Trinajstić information content (AvgIpc) is 2.37. The molecule has 0 aromatic heterocycles. The first-order valence-corrected chi connectivity index (χ1v) is 6.70. The van der Waals surface area contributed by atoms with Gasteiger partial charge in [0.1, 0.15) is 11.4 Å². The third kappa shape index (κ3) is 3.77. The summed E-state index contributed by atoms with van der Waals surface area (Å²) < 4.78 is 13.8. The zero-order valence-corrected chi connectivity index (χ0v) is 11.7. The molecule has 19 heavy (non-hydrogen) atoms. The Hall–Kier alpha value is -1.42. The van der Waals surface area contributed by atoms with Crippen LogP contribution in [-0.4, -0.2) is 16.6 Å². The van der Waals surface area contributed by atoms with Gasteiger partial charge >= 0.3 is 5.97 Å². The highest BCUT2D eigenvalue weighted by Crippen LogP contribution is 2.25. The van der Waals surface area contributed by atoms with Gasteiger partial charge in [-0.25, -0.2) is 4.39 Å². The van der Waals surface area contributed by atoms with E-state index in [2.05, 4.69) is 5.32 Å². The van der Waals surface area contributed by atoms with Crippen LogP contribution in [0, 0.1) is 5.82 Å². The summed E-state index contributed by atoms with van der Waals surface area (Å²) in [6.45, 7) is 5.51. The van der Waals surface area contributed by atoms with Gasteiger partial charge in [-0.2, -0.15) is 0 Å². The summed E-state index contributed by atoms with van der Waals surface area (Å²) >= 11 is 0. The number of nitrogens with one attached hydrogen (secondary N) is 1. The maximum atomic E-state index is 13.8. The van der Waals surface area contributed by atoms with Gasteiger partial charge < -0.3 is 5.11 Å². The summed E-state index contributed by atoms with van der Waals surface area (Å²) in [4.78, 5) is 11.4. The van der Waals surface area contributed by atoms with E-state index in [4.69, 9.17) is 0 Å². The van der Waals surface area contributed by atoms with Crippen LogP contribution in [0.5, 0.6) is 0 Å². The van der Waals surface area contributed by atoms with Crippen LogP contribution >= 0.6 is 0 Å². The average molecular weight is 267 g/mol. The van der Waals surface area contributed by atoms with E-state index in [0.29, 0.717) is 18.4 Å². The Balaban J connectivity index is 2.98. The van der Waals surface area contributed by atoms with Crippen molar-refractivity contribution in [1.82, 2.24) is 5.32 Å². The van der Waals surface area contributed by atoms with Gasteiger partial charge in [0.05, 0.1) is 0 Å². The van der Waals surface area contributed by atoms with Crippen LogP contribution in [0.3, 0.4) is 0 Å². The molecule has 0 aliphatic rings. The zero-order valence-electron chi connectivity index (χ0n) is 11.7. The van der Waals surface area contributed by atoms with E-state index < -0.39 is 11.5 Å². The van der Waals surface area contributed by atoms with E-state index in [1.807, 2.05) is 13.8 Å². The van der Waals surface area contributed by atoms with Crippen LogP contribution in [0.15, 0.2) is 24.3 Å². The van der Waals surface area contributed by atoms with Gasteiger partial charge in [0.15, 0.2) is 0 Å². The fourth-order valence-electron chi connectivity index (χ4n) is 2.28. The number of carboxylic acid groups (broad SMARTS) is 1. The van der Waals surface area contributed by atoms with Crippen molar-refractivity contribution in [3.05, 3.63) is 35.6 Å². The molecule has 106 valence electrons. The second-order valence-corrected chi connectivity index (χ2v) is 5.01. The van der Waals surface area contributed by atoms with Crippen LogP contribution in [0.25, 0.3) is 0 Å². The van der Waals surface area contributed by atoms with Gasteiger partial charge in [-0.1, -0.05) is 38.5 Å². The van der Waals surface area contributed by atoms with Gasteiger partial charge in [0.2, 0.25) is 0 Å². The number of aliphatic carboxylic acids is 1. The first-order valence-electron chi connectivity index (χ1n) is 6.70. The summed E-state index contributed by atoms with van der Waals surface area (Å²) in [5.74, 6) is -1.20. The Morgan fingerprint density at radius 3 is 2.53 bits per heavy atom. The lowest BCUT2D eigenvalue weighted by molar-refractivity contribution is -0.145. The maximum Gasteiger partial charge on any atom is 0.323 e. The maximum absolute atomic E-state index is 13.8. The summed E-state index contributed by atoms with van der Waals surface area (Å²) in [5, 5.41) is 12.5. The quantitative estimate of drug-likeness (QED) is 0.794. The number of halogens is 1. The van der Waals surface area contributed by atoms with E-state index in [1.165, 1.54) is 6.07 Å². The van der Waals surface area contributed by atoms with Gasteiger partial charge in [0, 0.05) is 11.6 Å². The van der Waals surface area contributed by atoms with E-state index in [9.17, 15) is 14.3 Å². The normalized spacial score (nSPS) is 15.8. The van der Waals surface area contributed by atoms with Gasteiger partial charge in [-0.3, -0.25) is 10.1 Å². The molecule has 0 saturated heterocycles. The Kier molecular flexibility index (Phi) is 5.48. The number of rotatable bonds is 7. The molecule has 1 aromatic carbocycles. The summed E-state index contributed by atoms with van der Waals surface area (Å²) in [6.07, 6.45) is 1.89. The lowest BCUT2D eigenvalue weighted by atomic mass is 9.92. The Morgan fingerprint density at radius 1 is 1.42 bits per heavy atom. The molecule has 0 aliphatic heterocycles. The predicted octanol–water partition coefficient (Wildman–Crippen LogP) is 3.51. The van der Waals surface area contributed by atoms with Crippen LogP contribution in [0.1, 0.15) is 51.6 Å². The van der Waals surface area contributed by atoms with Crippen molar-refractivity contribution in [3.8, 4) is 0 Å². The zero-order chi connectivity index (χ0) is 14.5.